The van der Waals surface area contributed by atoms with Crippen molar-refractivity contribution in [1.82, 2.24) is 9.29 Å². The van der Waals surface area contributed by atoms with E-state index in [9.17, 15) is 18.0 Å². The molecule has 0 atom stereocenters. The summed E-state index contributed by atoms with van der Waals surface area (Å²) in [6.45, 7) is 2.67. The Bertz CT molecular complexity index is 1500. The summed E-state index contributed by atoms with van der Waals surface area (Å²) in [7, 11) is -3.45. The first kappa shape index (κ1) is 26.8. The van der Waals surface area contributed by atoms with E-state index < -0.39 is 15.4 Å². The van der Waals surface area contributed by atoms with E-state index in [1.165, 1.54) is 6.92 Å². The lowest BCUT2D eigenvalue weighted by Gasteiger charge is -2.16. The second-order valence-electron chi connectivity index (χ2n) is 10.0. The third-order valence-corrected chi connectivity index (χ3v) is 9.12. The van der Waals surface area contributed by atoms with Gasteiger partial charge in [0, 0.05) is 39.1 Å². The molecule has 0 bridgehead atoms. The first-order valence-corrected chi connectivity index (χ1v) is 14.4. The maximum atomic E-state index is 13.3. The number of fused-ring (bicyclic) bond motifs is 1. The summed E-state index contributed by atoms with van der Waals surface area (Å²) in [5, 5.41) is 0. The summed E-state index contributed by atoms with van der Waals surface area (Å²) in [4.78, 5) is 27.6. The van der Waals surface area contributed by atoms with Crippen molar-refractivity contribution in [2.45, 2.75) is 49.3 Å². The van der Waals surface area contributed by atoms with Crippen molar-refractivity contribution < 1.29 is 28.9 Å². The van der Waals surface area contributed by atoms with Gasteiger partial charge < -0.3 is 15.2 Å². The van der Waals surface area contributed by atoms with Gasteiger partial charge in [0.1, 0.15) is 5.78 Å². The van der Waals surface area contributed by atoms with Crippen LogP contribution in [-0.4, -0.2) is 49.3 Å². The molecule has 9 nitrogen and oxygen atoms in total. The van der Waals surface area contributed by atoms with Crippen LogP contribution in [0.1, 0.15) is 45.3 Å². The minimum atomic E-state index is -3.45. The normalized spacial score (nSPS) is 17.3. The summed E-state index contributed by atoms with van der Waals surface area (Å²) in [6, 6.07) is 18.2. The van der Waals surface area contributed by atoms with Crippen LogP contribution in [0.2, 0.25) is 0 Å². The van der Waals surface area contributed by atoms with E-state index in [2.05, 4.69) is 5.73 Å². The molecule has 1 saturated heterocycles. The molecule has 3 heterocycles. The van der Waals surface area contributed by atoms with Crippen LogP contribution in [0.15, 0.2) is 65.6 Å². The number of carbonyl (C=O) groups is 2. The number of nitrogens with two attached hydrogens (primary N) is 1. The zero-order valence-corrected chi connectivity index (χ0v) is 22.6. The molecule has 1 aliphatic carbocycles. The van der Waals surface area contributed by atoms with Crippen molar-refractivity contribution in [3.8, 4) is 22.8 Å². The Labute approximate surface area is 229 Å². The summed E-state index contributed by atoms with van der Waals surface area (Å²) in [5.74, 6) is 1.22. The highest BCUT2D eigenvalue weighted by atomic mass is 32.2. The standard InChI is InChI=1S/C27H26N2O5S.C2H5NO.H2/c30-26(27(12-13-27)20-8-11-24-25(16-20)34-18-33-24)17-21-4-3-5-23(28-21)19-6-9-22(10-7-19)35(31,32)29-14-1-2-15-29;1-2(3)4;/h3-11,16H,1-2,12-15,17-18H2;1H3,(H2,3,4);1H. The third-order valence-electron chi connectivity index (χ3n) is 7.21. The predicted molar refractivity (Wildman–Crippen MR) is 147 cm³/mol. The second-order valence-corrected chi connectivity index (χ2v) is 11.9. The number of hydrogen-bond donors (Lipinski definition) is 1. The Balaban J connectivity index is 0.000000695. The number of ether oxygens (including phenoxy) is 2. The lowest BCUT2D eigenvalue weighted by molar-refractivity contribution is -0.121. The van der Waals surface area contributed by atoms with Gasteiger partial charge in [0.05, 0.1) is 16.0 Å². The van der Waals surface area contributed by atoms with Crippen LogP contribution >= 0.6 is 0 Å². The van der Waals surface area contributed by atoms with Gasteiger partial charge in [0.25, 0.3) is 0 Å². The van der Waals surface area contributed by atoms with Gasteiger partial charge in [-0.2, -0.15) is 4.31 Å². The van der Waals surface area contributed by atoms with Crippen LogP contribution in [0.4, 0.5) is 0 Å². The van der Waals surface area contributed by atoms with Crippen LogP contribution in [0.25, 0.3) is 11.3 Å². The Morgan fingerprint density at radius 2 is 1.67 bits per heavy atom. The smallest absolute Gasteiger partial charge is 0.243 e. The fourth-order valence-corrected chi connectivity index (χ4v) is 6.51. The molecule has 0 unspecified atom stereocenters. The van der Waals surface area contributed by atoms with Gasteiger partial charge in [0.2, 0.25) is 22.7 Å². The summed E-state index contributed by atoms with van der Waals surface area (Å²) in [5.41, 5.74) is 7.19. The fraction of sp³-hybridized carbons (Fsp3) is 0.345. The average molecular weight is 552 g/mol. The van der Waals surface area contributed by atoms with Crippen molar-refractivity contribution in [3.05, 3.63) is 71.9 Å². The second kappa shape index (κ2) is 10.8. The SMILES string of the molecule is CC(N)=O.O=C(Cc1cccc(-c2ccc(S(=O)(=O)N3CCCC3)cc2)n1)C1(c2ccc3c(c2)OCO3)CC1.[HH]. The van der Waals surface area contributed by atoms with Crippen LogP contribution < -0.4 is 15.2 Å². The number of amides is 1. The molecular formula is C29H33N3O6S. The number of carbonyl (C=O) groups excluding carboxylic acids is 2. The summed E-state index contributed by atoms with van der Waals surface area (Å²) in [6.07, 6.45) is 3.69. The topological polar surface area (TPSA) is 129 Å². The molecule has 1 amide bonds. The highest BCUT2D eigenvalue weighted by molar-refractivity contribution is 7.89. The highest BCUT2D eigenvalue weighted by Crippen LogP contribution is 2.51. The molecule has 1 saturated carbocycles. The number of ketones is 1. The Hall–Kier alpha value is -3.76. The van der Waals surface area contributed by atoms with Crippen molar-refractivity contribution in [2.75, 3.05) is 19.9 Å². The van der Waals surface area contributed by atoms with E-state index in [1.54, 1.807) is 28.6 Å². The van der Waals surface area contributed by atoms with Crippen molar-refractivity contribution >= 4 is 21.7 Å². The van der Waals surface area contributed by atoms with Crippen LogP contribution in [0, 0.1) is 0 Å². The average Bonchev–Trinajstić information content (AvgIpc) is 3.31. The van der Waals surface area contributed by atoms with E-state index in [-0.39, 0.29) is 26.3 Å². The van der Waals surface area contributed by atoms with Crippen molar-refractivity contribution in [3.63, 3.8) is 0 Å². The Morgan fingerprint density at radius 1 is 1.00 bits per heavy atom. The number of rotatable bonds is 7. The lowest BCUT2D eigenvalue weighted by Crippen LogP contribution is -2.27. The molecule has 0 spiro atoms. The molecule has 0 radical (unpaired) electrons. The molecule has 39 heavy (non-hydrogen) atoms. The zero-order chi connectivity index (χ0) is 27.6. The van der Waals surface area contributed by atoms with E-state index in [0.29, 0.717) is 40.9 Å². The molecular weight excluding hydrogens is 518 g/mol. The van der Waals surface area contributed by atoms with Crippen LogP contribution in [0.5, 0.6) is 11.5 Å². The summed E-state index contributed by atoms with van der Waals surface area (Å²) < 4.78 is 38.0. The number of Topliss-reactive ketones (excluding diaryl/α,β-unsaturated/α-hetero) is 1. The van der Waals surface area contributed by atoms with Gasteiger partial charge in [-0.1, -0.05) is 24.3 Å². The number of hydrogen-bond acceptors (Lipinski definition) is 7. The Kier molecular flexibility index (Phi) is 7.42. The molecule has 2 aliphatic heterocycles. The fourth-order valence-electron chi connectivity index (χ4n) is 5.00. The van der Waals surface area contributed by atoms with E-state index in [1.807, 2.05) is 36.4 Å². The van der Waals surface area contributed by atoms with Crippen LogP contribution in [-0.2, 0) is 31.4 Å². The molecule has 10 heteroatoms. The predicted octanol–water partition coefficient (Wildman–Crippen LogP) is 3.84. The Morgan fingerprint density at radius 3 is 2.33 bits per heavy atom. The van der Waals surface area contributed by atoms with Gasteiger partial charge in [-0.15, -0.1) is 0 Å². The zero-order valence-electron chi connectivity index (χ0n) is 21.8. The van der Waals surface area contributed by atoms with Gasteiger partial charge in [-0.05, 0) is 67.6 Å². The minimum Gasteiger partial charge on any atom is -0.454 e. The quantitative estimate of drug-likeness (QED) is 0.472. The molecule has 3 aliphatic rings. The molecule has 2 aromatic carbocycles. The minimum absolute atomic E-state index is 0. The maximum Gasteiger partial charge on any atom is 0.243 e. The number of sulfonamides is 1. The van der Waals surface area contributed by atoms with Crippen molar-refractivity contribution in [1.29, 1.82) is 0 Å². The molecule has 2 fully saturated rings. The molecule has 2 N–H and O–H groups in total. The first-order valence-electron chi connectivity index (χ1n) is 12.9. The van der Waals surface area contributed by atoms with Gasteiger partial charge in [-0.25, -0.2) is 8.42 Å². The van der Waals surface area contributed by atoms with Crippen LogP contribution in [0.3, 0.4) is 0 Å². The number of primary amides is 1. The third kappa shape index (κ3) is 5.67. The van der Waals surface area contributed by atoms with E-state index in [4.69, 9.17) is 14.5 Å². The number of nitrogens with zero attached hydrogens (tertiary/aromatic N) is 2. The van der Waals surface area contributed by atoms with Gasteiger partial charge in [-0.3, -0.25) is 14.6 Å². The number of pyridine rings is 1. The van der Waals surface area contributed by atoms with E-state index in [0.717, 1.165) is 36.8 Å². The monoisotopic (exact) mass is 551 g/mol. The largest absolute Gasteiger partial charge is 0.454 e. The molecule has 6 rings (SSSR count). The number of aromatic nitrogens is 1. The number of benzene rings is 2. The maximum absolute atomic E-state index is 13.3. The molecule has 1 aromatic heterocycles. The van der Waals surface area contributed by atoms with E-state index >= 15 is 0 Å². The van der Waals surface area contributed by atoms with Gasteiger partial charge >= 0.3 is 0 Å². The lowest BCUT2D eigenvalue weighted by atomic mass is 9.88. The summed E-state index contributed by atoms with van der Waals surface area (Å²) >= 11 is 0. The van der Waals surface area contributed by atoms with Crippen molar-refractivity contribution in [2.24, 2.45) is 5.73 Å². The van der Waals surface area contributed by atoms with Gasteiger partial charge in [0.15, 0.2) is 11.5 Å². The highest BCUT2D eigenvalue weighted by Gasteiger charge is 2.51. The first-order chi connectivity index (χ1) is 18.7. The molecule has 206 valence electrons. The molecule has 3 aromatic rings.